The van der Waals surface area contributed by atoms with Crippen molar-refractivity contribution in [3.8, 4) is 0 Å². The maximum atomic E-state index is 12.1. The molecule has 0 radical (unpaired) electrons. The molecule has 2 N–H and O–H groups in total. The minimum absolute atomic E-state index is 0. The molecular weight excluding hydrogens is 250 g/mol. The molecule has 2 aliphatic rings. The highest BCUT2D eigenvalue weighted by Crippen LogP contribution is 2.19. The summed E-state index contributed by atoms with van der Waals surface area (Å²) in [6.07, 6.45) is 7.13. The number of rotatable bonds is 4. The highest BCUT2D eigenvalue weighted by Gasteiger charge is 2.26. The zero-order chi connectivity index (χ0) is 12.1. The summed E-state index contributed by atoms with van der Waals surface area (Å²) in [5.41, 5.74) is 5.65. The second-order valence-electron chi connectivity index (χ2n) is 5.29. The van der Waals surface area contributed by atoms with Crippen molar-refractivity contribution in [3.63, 3.8) is 0 Å². The third-order valence-electron chi connectivity index (χ3n) is 4.05. The van der Waals surface area contributed by atoms with E-state index in [9.17, 15) is 4.79 Å². The fourth-order valence-electron chi connectivity index (χ4n) is 3.03. The highest BCUT2D eigenvalue weighted by molar-refractivity contribution is 5.85. The molecule has 0 aromatic heterocycles. The molecule has 4 nitrogen and oxygen atoms in total. The van der Waals surface area contributed by atoms with Crippen molar-refractivity contribution in [1.29, 1.82) is 0 Å². The predicted molar refractivity (Wildman–Crippen MR) is 75.9 cm³/mol. The van der Waals surface area contributed by atoms with Gasteiger partial charge >= 0.3 is 0 Å². The van der Waals surface area contributed by atoms with Crippen LogP contribution in [0.1, 0.15) is 38.5 Å². The predicted octanol–water partition coefficient (Wildman–Crippen LogP) is 1.23. The lowest BCUT2D eigenvalue weighted by Gasteiger charge is -2.36. The first-order chi connectivity index (χ1) is 8.31. The van der Waals surface area contributed by atoms with Crippen molar-refractivity contribution in [1.82, 2.24) is 9.80 Å². The molecule has 0 aliphatic carbocycles. The normalized spacial score (nSPS) is 24.9. The number of nitrogens with zero attached hydrogens (tertiary/aromatic N) is 2. The van der Waals surface area contributed by atoms with E-state index in [-0.39, 0.29) is 12.4 Å². The summed E-state index contributed by atoms with van der Waals surface area (Å²) in [5.74, 6) is 0.325. The Bertz CT molecular complexity index is 255. The van der Waals surface area contributed by atoms with Crippen LogP contribution in [0.4, 0.5) is 0 Å². The topological polar surface area (TPSA) is 49.6 Å². The number of carbonyl (C=O) groups excluding carboxylic acids is 1. The van der Waals surface area contributed by atoms with Gasteiger partial charge in [0.2, 0.25) is 5.91 Å². The second kappa shape index (κ2) is 7.97. The molecule has 1 atom stereocenters. The molecule has 18 heavy (non-hydrogen) atoms. The van der Waals surface area contributed by atoms with E-state index >= 15 is 0 Å². The fraction of sp³-hybridized carbons (Fsp3) is 0.923. The summed E-state index contributed by atoms with van der Waals surface area (Å²) in [6.45, 7) is 4.36. The van der Waals surface area contributed by atoms with Crippen molar-refractivity contribution in [2.45, 2.75) is 44.6 Å². The molecule has 0 saturated carbocycles. The summed E-state index contributed by atoms with van der Waals surface area (Å²) in [4.78, 5) is 16.5. The SMILES string of the molecule is Cl.NCCC1CCCCN1CC(=O)N1CCCC1. The van der Waals surface area contributed by atoms with Crippen LogP contribution in [0.5, 0.6) is 0 Å². The molecule has 1 amide bonds. The minimum atomic E-state index is 0. The first-order valence-corrected chi connectivity index (χ1v) is 7.03. The lowest BCUT2D eigenvalue weighted by Crippen LogP contribution is -2.46. The molecule has 2 fully saturated rings. The number of carbonyl (C=O) groups is 1. The van der Waals surface area contributed by atoms with Gasteiger partial charge in [-0.1, -0.05) is 6.42 Å². The van der Waals surface area contributed by atoms with Gasteiger partial charge in [0.1, 0.15) is 0 Å². The standard InChI is InChI=1S/C13H25N3O.ClH/c14-7-6-12-5-1-2-10-16(12)11-13(17)15-8-3-4-9-15;/h12H,1-11,14H2;1H. The van der Waals surface area contributed by atoms with Crippen LogP contribution in [-0.4, -0.2) is 54.5 Å². The van der Waals surface area contributed by atoms with Crippen LogP contribution in [0, 0.1) is 0 Å². The maximum Gasteiger partial charge on any atom is 0.236 e. The quantitative estimate of drug-likeness (QED) is 0.840. The van der Waals surface area contributed by atoms with Crippen LogP contribution in [0.25, 0.3) is 0 Å². The van der Waals surface area contributed by atoms with Gasteiger partial charge in [0.05, 0.1) is 6.54 Å². The molecule has 2 aliphatic heterocycles. The van der Waals surface area contributed by atoms with Gasteiger partial charge in [0, 0.05) is 19.1 Å². The van der Waals surface area contributed by atoms with Crippen LogP contribution < -0.4 is 5.73 Å². The Hall–Kier alpha value is -0.320. The zero-order valence-electron chi connectivity index (χ0n) is 11.1. The summed E-state index contributed by atoms with van der Waals surface area (Å²) in [7, 11) is 0. The second-order valence-corrected chi connectivity index (χ2v) is 5.29. The Balaban J connectivity index is 0.00000162. The molecule has 0 bridgehead atoms. The molecule has 5 heteroatoms. The molecule has 2 heterocycles. The number of halogens is 1. The average molecular weight is 276 g/mol. The fourth-order valence-corrected chi connectivity index (χ4v) is 3.03. The first kappa shape index (κ1) is 15.7. The number of amides is 1. The zero-order valence-corrected chi connectivity index (χ0v) is 12.0. The molecule has 2 saturated heterocycles. The lowest BCUT2D eigenvalue weighted by atomic mass is 9.99. The smallest absolute Gasteiger partial charge is 0.236 e. The van der Waals surface area contributed by atoms with Crippen molar-refractivity contribution in [2.24, 2.45) is 5.73 Å². The van der Waals surface area contributed by atoms with Crippen molar-refractivity contribution in [2.75, 3.05) is 32.7 Å². The van der Waals surface area contributed by atoms with E-state index in [1.165, 1.54) is 32.1 Å². The summed E-state index contributed by atoms with van der Waals surface area (Å²) >= 11 is 0. The molecular formula is C13H26ClN3O. The van der Waals surface area contributed by atoms with Crippen LogP contribution in [-0.2, 0) is 4.79 Å². The van der Waals surface area contributed by atoms with Crippen LogP contribution >= 0.6 is 12.4 Å². The van der Waals surface area contributed by atoms with E-state index < -0.39 is 0 Å². The highest BCUT2D eigenvalue weighted by atomic mass is 35.5. The van der Waals surface area contributed by atoms with Crippen LogP contribution in [0.3, 0.4) is 0 Å². The Kier molecular flexibility index (Phi) is 6.97. The Morgan fingerprint density at radius 1 is 1.11 bits per heavy atom. The Morgan fingerprint density at radius 3 is 2.44 bits per heavy atom. The van der Waals surface area contributed by atoms with E-state index in [2.05, 4.69) is 4.90 Å². The Morgan fingerprint density at radius 2 is 1.78 bits per heavy atom. The summed E-state index contributed by atoms with van der Waals surface area (Å²) < 4.78 is 0. The van der Waals surface area contributed by atoms with Gasteiger partial charge < -0.3 is 10.6 Å². The largest absolute Gasteiger partial charge is 0.342 e. The van der Waals surface area contributed by atoms with Crippen molar-refractivity contribution >= 4 is 18.3 Å². The number of piperidine rings is 1. The first-order valence-electron chi connectivity index (χ1n) is 7.03. The Labute approximate surface area is 116 Å². The van der Waals surface area contributed by atoms with E-state index in [1.807, 2.05) is 4.90 Å². The van der Waals surface area contributed by atoms with E-state index in [4.69, 9.17) is 5.73 Å². The summed E-state index contributed by atoms with van der Waals surface area (Å²) in [5, 5.41) is 0. The van der Waals surface area contributed by atoms with E-state index in [0.29, 0.717) is 18.5 Å². The van der Waals surface area contributed by atoms with Crippen LogP contribution in [0.15, 0.2) is 0 Å². The van der Waals surface area contributed by atoms with E-state index in [0.717, 1.165) is 32.6 Å². The molecule has 0 aromatic rings. The third-order valence-corrected chi connectivity index (χ3v) is 4.05. The third kappa shape index (κ3) is 4.11. The molecule has 0 aromatic carbocycles. The van der Waals surface area contributed by atoms with Gasteiger partial charge in [0.15, 0.2) is 0 Å². The average Bonchev–Trinajstić information content (AvgIpc) is 2.85. The van der Waals surface area contributed by atoms with Gasteiger partial charge in [-0.3, -0.25) is 9.69 Å². The minimum Gasteiger partial charge on any atom is -0.342 e. The number of hydrogen-bond donors (Lipinski definition) is 1. The number of likely N-dealkylation sites (tertiary alicyclic amines) is 2. The van der Waals surface area contributed by atoms with Gasteiger partial charge in [-0.2, -0.15) is 0 Å². The monoisotopic (exact) mass is 275 g/mol. The lowest BCUT2D eigenvalue weighted by molar-refractivity contribution is -0.132. The molecule has 1 unspecified atom stereocenters. The van der Waals surface area contributed by atoms with Crippen molar-refractivity contribution in [3.05, 3.63) is 0 Å². The number of hydrogen-bond acceptors (Lipinski definition) is 3. The maximum absolute atomic E-state index is 12.1. The molecule has 2 rings (SSSR count). The van der Waals surface area contributed by atoms with Gasteiger partial charge in [0.25, 0.3) is 0 Å². The van der Waals surface area contributed by atoms with Crippen LogP contribution in [0.2, 0.25) is 0 Å². The van der Waals surface area contributed by atoms with Gasteiger partial charge in [-0.05, 0) is 45.2 Å². The van der Waals surface area contributed by atoms with Crippen molar-refractivity contribution < 1.29 is 4.79 Å². The van der Waals surface area contributed by atoms with Gasteiger partial charge in [-0.25, -0.2) is 0 Å². The van der Waals surface area contributed by atoms with Gasteiger partial charge in [-0.15, -0.1) is 12.4 Å². The number of nitrogens with two attached hydrogens (primary N) is 1. The van der Waals surface area contributed by atoms with E-state index in [1.54, 1.807) is 0 Å². The molecule has 106 valence electrons. The molecule has 0 spiro atoms. The summed E-state index contributed by atoms with van der Waals surface area (Å²) in [6, 6.07) is 0.542.